The first-order valence-corrected chi connectivity index (χ1v) is 9.38. The molecule has 2 aromatic rings. The van der Waals surface area contributed by atoms with E-state index in [0.29, 0.717) is 0 Å². The number of rotatable bonds is 4. The van der Waals surface area contributed by atoms with Crippen molar-refractivity contribution in [3.8, 4) is 11.3 Å². The van der Waals surface area contributed by atoms with Gasteiger partial charge in [0.1, 0.15) is 0 Å². The summed E-state index contributed by atoms with van der Waals surface area (Å²) in [6.07, 6.45) is 8.41. The van der Waals surface area contributed by atoms with Crippen molar-refractivity contribution in [2.75, 3.05) is 19.0 Å². The number of anilines is 1. The highest BCUT2D eigenvalue weighted by atomic mass is 32.1. The molecule has 1 aliphatic heterocycles. The number of hydrogen-bond acceptors (Lipinski definition) is 3. The van der Waals surface area contributed by atoms with Crippen molar-refractivity contribution in [1.82, 2.24) is 4.37 Å². The number of allylic oxidation sites excluding steroid dienone is 2. The van der Waals surface area contributed by atoms with E-state index in [0.717, 1.165) is 5.69 Å². The summed E-state index contributed by atoms with van der Waals surface area (Å²) in [7, 11) is 4.10. The molecule has 4 rings (SSSR count). The van der Waals surface area contributed by atoms with Crippen molar-refractivity contribution in [2.45, 2.75) is 0 Å². The Morgan fingerprint density at radius 3 is 2.35 bits per heavy atom. The van der Waals surface area contributed by atoms with Crippen LogP contribution in [-0.2, 0) is 0 Å². The Labute approximate surface area is 158 Å². The summed E-state index contributed by atoms with van der Waals surface area (Å²) >= 11 is 1.56. The quantitative estimate of drug-likeness (QED) is 0.405. The Kier molecular flexibility index (Phi) is 4.55. The predicted octanol–water partition coefficient (Wildman–Crippen LogP) is 6.19. The second-order valence-corrected chi connectivity index (χ2v) is 7.28. The first-order valence-electron chi connectivity index (χ1n) is 8.61. The van der Waals surface area contributed by atoms with E-state index in [2.05, 4.69) is 108 Å². The third-order valence-electron chi connectivity index (χ3n) is 4.41. The molecule has 2 aliphatic rings. The first kappa shape index (κ1) is 16.6. The number of hydrogen-bond donors (Lipinski definition) is 0. The highest BCUT2D eigenvalue weighted by Crippen LogP contribution is 2.34. The molecule has 0 saturated heterocycles. The van der Waals surface area contributed by atoms with Crippen molar-refractivity contribution >= 4 is 39.5 Å². The van der Waals surface area contributed by atoms with Crippen molar-refractivity contribution < 1.29 is 0 Å². The van der Waals surface area contributed by atoms with Gasteiger partial charge in [-0.25, -0.2) is 0 Å². The normalized spacial score (nSPS) is 11.9. The maximum atomic E-state index is 4.61. The lowest BCUT2D eigenvalue weighted by Crippen LogP contribution is -2.07. The molecule has 0 saturated carbocycles. The number of fused-ring (bicyclic) bond motifs is 3. The average Bonchev–Trinajstić information content (AvgIpc) is 3.09. The van der Waals surface area contributed by atoms with Gasteiger partial charge in [-0.2, -0.15) is 4.37 Å². The molecule has 2 aromatic carbocycles. The fourth-order valence-electron chi connectivity index (χ4n) is 2.99. The van der Waals surface area contributed by atoms with E-state index in [1.165, 1.54) is 32.5 Å². The molecule has 0 bridgehead atoms. The minimum absolute atomic E-state index is 1.07. The summed E-state index contributed by atoms with van der Waals surface area (Å²) in [6, 6.07) is 21.3. The fourth-order valence-corrected chi connectivity index (χ4v) is 3.75. The second kappa shape index (κ2) is 7.14. The molecule has 0 aromatic heterocycles. The first-order chi connectivity index (χ1) is 12.7. The molecule has 1 heterocycles. The molecule has 128 valence electrons. The third-order valence-corrected chi connectivity index (χ3v) is 5.25. The summed E-state index contributed by atoms with van der Waals surface area (Å²) < 4.78 is 5.84. The van der Waals surface area contributed by atoms with E-state index >= 15 is 0 Å². The molecule has 0 N–H and O–H groups in total. The van der Waals surface area contributed by atoms with Gasteiger partial charge in [-0.3, -0.25) is 0 Å². The SMILES string of the molecule is CN(C)c1ccc(C=CC=Cc2cc3nsc4ccccc4c-3c2)cc1. The number of nitrogens with zero attached hydrogens (tertiary/aromatic N) is 2. The molecule has 0 unspecified atom stereocenters. The zero-order valence-electron chi connectivity index (χ0n) is 14.9. The van der Waals surface area contributed by atoms with Crippen LogP contribution in [-0.4, -0.2) is 18.5 Å². The minimum Gasteiger partial charge on any atom is -0.378 e. The molecule has 3 heteroatoms. The van der Waals surface area contributed by atoms with Gasteiger partial charge in [-0.1, -0.05) is 54.6 Å². The smallest absolute Gasteiger partial charge is 0.0845 e. The summed E-state index contributed by atoms with van der Waals surface area (Å²) in [6.45, 7) is 0. The van der Waals surface area contributed by atoms with Gasteiger partial charge in [-0.15, -0.1) is 0 Å². The van der Waals surface area contributed by atoms with Crippen LogP contribution in [0.25, 0.3) is 33.5 Å². The number of aromatic nitrogens is 1. The van der Waals surface area contributed by atoms with Crippen LogP contribution in [0.2, 0.25) is 0 Å². The van der Waals surface area contributed by atoms with Crippen LogP contribution in [0.5, 0.6) is 0 Å². The molecule has 0 amide bonds. The van der Waals surface area contributed by atoms with Crippen LogP contribution in [0, 0.1) is 0 Å². The van der Waals surface area contributed by atoms with Gasteiger partial charge in [0.15, 0.2) is 0 Å². The predicted molar refractivity (Wildman–Crippen MR) is 115 cm³/mol. The van der Waals surface area contributed by atoms with Crippen molar-refractivity contribution in [3.05, 3.63) is 83.9 Å². The Balaban J connectivity index is 1.53. The highest BCUT2D eigenvalue weighted by Gasteiger charge is 2.10. The van der Waals surface area contributed by atoms with Gasteiger partial charge >= 0.3 is 0 Å². The van der Waals surface area contributed by atoms with E-state index in [1.807, 2.05) is 0 Å². The Bertz CT molecular complexity index is 1060. The zero-order chi connectivity index (χ0) is 17.9. The number of benzene rings is 2. The van der Waals surface area contributed by atoms with Crippen LogP contribution in [0.3, 0.4) is 0 Å². The molecule has 0 radical (unpaired) electrons. The van der Waals surface area contributed by atoms with E-state index in [-0.39, 0.29) is 0 Å². The van der Waals surface area contributed by atoms with E-state index in [1.54, 1.807) is 11.5 Å². The summed E-state index contributed by atoms with van der Waals surface area (Å²) in [5.41, 5.74) is 5.88. The molecule has 0 atom stereocenters. The molecule has 1 aliphatic carbocycles. The van der Waals surface area contributed by atoms with Gasteiger partial charge in [0, 0.05) is 30.7 Å². The highest BCUT2D eigenvalue weighted by molar-refractivity contribution is 7.13. The van der Waals surface area contributed by atoms with Crippen molar-refractivity contribution in [1.29, 1.82) is 0 Å². The zero-order valence-corrected chi connectivity index (χ0v) is 15.7. The van der Waals surface area contributed by atoms with Crippen molar-refractivity contribution in [3.63, 3.8) is 0 Å². The average molecular weight is 356 g/mol. The minimum atomic E-state index is 1.07. The van der Waals surface area contributed by atoms with E-state index in [4.69, 9.17) is 0 Å². The monoisotopic (exact) mass is 356 g/mol. The fraction of sp³-hybridized carbons (Fsp3) is 0.0870. The summed E-state index contributed by atoms with van der Waals surface area (Å²) in [4.78, 5) is 2.10. The van der Waals surface area contributed by atoms with E-state index in [9.17, 15) is 0 Å². The Hall–Kier alpha value is -2.91. The van der Waals surface area contributed by atoms with Crippen LogP contribution in [0.4, 0.5) is 5.69 Å². The standard InChI is InChI=1S/C23H20N2S/c1-25(2)19-13-11-17(12-14-19)7-3-4-8-18-15-21-20-9-5-6-10-23(20)26-24-22(21)16-18/h3-16H,1-2H3. The maximum absolute atomic E-state index is 4.61. The molecular formula is C23H20N2S. The van der Waals surface area contributed by atoms with E-state index < -0.39 is 0 Å². The third kappa shape index (κ3) is 3.39. The molecule has 2 nitrogen and oxygen atoms in total. The Morgan fingerprint density at radius 1 is 0.846 bits per heavy atom. The second-order valence-electron chi connectivity index (χ2n) is 6.47. The van der Waals surface area contributed by atoms with Crippen molar-refractivity contribution in [2.24, 2.45) is 0 Å². The van der Waals surface area contributed by atoms with Crippen LogP contribution in [0.1, 0.15) is 11.1 Å². The molecular weight excluding hydrogens is 336 g/mol. The lowest BCUT2D eigenvalue weighted by atomic mass is 10.1. The summed E-state index contributed by atoms with van der Waals surface area (Å²) in [5, 5.41) is 1.28. The largest absolute Gasteiger partial charge is 0.378 e. The molecule has 0 fully saturated rings. The van der Waals surface area contributed by atoms with Gasteiger partial charge < -0.3 is 4.90 Å². The Morgan fingerprint density at radius 2 is 1.58 bits per heavy atom. The topological polar surface area (TPSA) is 16.1 Å². The van der Waals surface area contributed by atoms with Gasteiger partial charge in [0.05, 0.1) is 10.4 Å². The molecule has 26 heavy (non-hydrogen) atoms. The van der Waals surface area contributed by atoms with Gasteiger partial charge in [0.2, 0.25) is 0 Å². The summed E-state index contributed by atoms with van der Waals surface area (Å²) in [5.74, 6) is 0. The lowest BCUT2D eigenvalue weighted by Gasteiger charge is -2.11. The molecule has 0 spiro atoms. The van der Waals surface area contributed by atoms with Crippen LogP contribution < -0.4 is 4.90 Å². The van der Waals surface area contributed by atoms with Gasteiger partial charge in [0.25, 0.3) is 0 Å². The maximum Gasteiger partial charge on any atom is 0.0845 e. The van der Waals surface area contributed by atoms with Gasteiger partial charge in [-0.05, 0) is 53.0 Å². The lowest BCUT2D eigenvalue weighted by molar-refractivity contribution is 1.13. The van der Waals surface area contributed by atoms with Crippen LogP contribution >= 0.6 is 11.5 Å². The van der Waals surface area contributed by atoms with Crippen LogP contribution in [0.15, 0.2) is 72.8 Å².